The minimum Gasteiger partial charge on any atom is -0.352 e. The summed E-state index contributed by atoms with van der Waals surface area (Å²) in [7, 11) is 0. The van der Waals surface area contributed by atoms with Crippen molar-refractivity contribution in [2.24, 2.45) is 0 Å². The summed E-state index contributed by atoms with van der Waals surface area (Å²) in [6.45, 7) is 5.58. The van der Waals surface area contributed by atoms with Crippen LogP contribution >= 0.6 is 11.5 Å². The van der Waals surface area contributed by atoms with Crippen molar-refractivity contribution < 1.29 is 4.79 Å². The third-order valence-corrected chi connectivity index (χ3v) is 6.85. The molecule has 8 nitrogen and oxygen atoms in total. The Kier molecular flexibility index (Phi) is 8.32. The minimum absolute atomic E-state index is 0.223. The van der Waals surface area contributed by atoms with Gasteiger partial charge >= 0.3 is 10.9 Å². The first kappa shape index (κ1) is 26.8. The van der Waals surface area contributed by atoms with Crippen molar-refractivity contribution in [1.82, 2.24) is 14.3 Å². The van der Waals surface area contributed by atoms with Crippen LogP contribution in [0.25, 0.3) is 22.6 Å². The molecular formula is C31H30N6O2S. The molecule has 40 heavy (non-hydrogen) atoms. The molecule has 0 fully saturated rings. The van der Waals surface area contributed by atoms with Gasteiger partial charge in [-0.25, -0.2) is 9.78 Å². The van der Waals surface area contributed by atoms with Gasteiger partial charge in [0.05, 0.1) is 5.69 Å². The summed E-state index contributed by atoms with van der Waals surface area (Å²) in [4.78, 5) is 34.7. The standard InChI is InChI=1S/C31H30N6O2S/c1-3-17-37(20-22-9-5-4-6-10-22)28-19-24(33-30(38)32-23-15-13-21(2)14-16-23)18-27(34-28)25-11-7-8-12-26(25)29-35-31(39)40-36-29/h4-16,18-19H,3,17,20H2,1-2H3,(H,35,36,39)(H2,32,33,34,38). The van der Waals surface area contributed by atoms with E-state index in [0.29, 0.717) is 29.4 Å². The number of pyridine rings is 1. The van der Waals surface area contributed by atoms with Crippen LogP contribution in [0.4, 0.5) is 22.0 Å². The fourth-order valence-corrected chi connectivity index (χ4v) is 4.89. The molecule has 0 unspecified atom stereocenters. The summed E-state index contributed by atoms with van der Waals surface area (Å²) in [5.74, 6) is 1.22. The minimum atomic E-state index is -0.353. The lowest BCUT2D eigenvalue weighted by Crippen LogP contribution is -2.25. The Labute approximate surface area is 236 Å². The summed E-state index contributed by atoms with van der Waals surface area (Å²) < 4.78 is 4.29. The SMILES string of the molecule is CCCN(Cc1ccccc1)c1cc(NC(=O)Nc2ccc(C)cc2)cc(-c2ccccc2-c2nsc(=O)[nH]2)n1. The third-order valence-electron chi connectivity index (χ3n) is 6.31. The molecule has 2 aromatic heterocycles. The first-order chi connectivity index (χ1) is 19.5. The number of nitrogens with zero attached hydrogens (tertiary/aromatic N) is 3. The number of H-pyrrole nitrogens is 1. The third kappa shape index (κ3) is 6.62. The Bertz CT molecular complexity index is 1650. The van der Waals surface area contributed by atoms with Crippen molar-refractivity contribution >= 4 is 34.8 Å². The number of carbonyl (C=O) groups excluding carboxylic acids is 1. The summed E-state index contributed by atoms with van der Waals surface area (Å²) in [5, 5.41) is 5.89. The van der Waals surface area contributed by atoms with E-state index in [2.05, 4.69) is 43.9 Å². The Balaban J connectivity index is 1.55. The molecule has 3 aromatic carbocycles. The number of nitrogens with one attached hydrogen (secondary N) is 3. The van der Waals surface area contributed by atoms with Crippen molar-refractivity contribution in [2.45, 2.75) is 26.8 Å². The highest BCUT2D eigenvalue weighted by molar-refractivity contribution is 7.03. The van der Waals surface area contributed by atoms with E-state index in [1.165, 1.54) is 0 Å². The molecule has 3 N–H and O–H groups in total. The van der Waals surface area contributed by atoms with Crippen LogP contribution in [0.2, 0.25) is 0 Å². The summed E-state index contributed by atoms with van der Waals surface area (Å²) in [6, 6.07) is 28.9. The molecule has 0 atom stereocenters. The average Bonchev–Trinajstić information content (AvgIpc) is 3.40. The van der Waals surface area contributed by atoms with Crippen LogP contribution in [-0.4, -0.2) is 26.9 Å². The van der Waals surface area contributed by atoms with Gasteiger partial charge in [-0.2, -0.15) is 4.37 Å². The molecule has 0 spiro atoms. The number of anilines is 3. The van der Waals surface area contributed by atoms with E-state index in [1.807, 2.05) is 85.8 Å². The fourth-order valence-electron chi connectivity index (χ4n) is 4.43. The Morgan fingerprint density at radius 2 is 1.60 bits per heavy atom. The van der Waals surface area contributed by atoms with Crippen molar-refractivity contribution in [3.05, 3.63) is 112 Å². The number of benzene rings is 3. The van der Waals surface area contributed by atoms with Gasteiger partial charge in [0.15, 0.2) is 5.82 Å². The molecule has 0 bridgehead atoms. The van der Waals surface area contributed by atoms with Gasteiger partial charge in [-0.3, -0.25) is 9.78 Å². The number of aryl methyl sites for hydroxylation is 1. The number of amides is 2. The topological polar surface area (TPSA) is 103 Å². The van der Waals surface area contributed by atoms with Crippen molar-refractivity contribution in [3.63, 3.8) is 0 Å². The lowest BCUT2D eigenvalue weighted by atomic mass is 10.0. The Morgan fingerprint density at radius 1 is 0.900 bits per heavy atom. The van der Waals surface area contributed by atoms with E-state index in [1.54, 1.807) is 0 Å². The van der Waals surface area contributed by atoms with Gasteiger partial charge in [-0.05, 0) is 37.1 Å². The van der Waals surface area contributed by atoms with Crippen LogP contribution in [0.15, 0.2) is 95.8 Å². The van der Waals surface area contributed by atoms with Crippen LogP contribution in [0.3, 0.4) is 0 Å². The number of aromatic amines is 1. The van der Waals surface area contributed by atoms with Crippen LogP contribution in [-0.2, 0) is 6.54 Å². The molecule has 0 aliphatic rings. The highest BCUT2D eigenvalue weighted by Crippen LogP contribution is 2.33. The van der Waals surface area contributed by atoms with Gasteiger partial charge in [0.25, 0.3) is 0 Å². The van der Waals surface area contributed by atoms with Crippen molar-refractivity contribution in [1.29, 1.82) is 0 Å². The molecule has 0 aliphatic carbocycles. The van der Waals surface area contributed by atoms with Gasteiger partial charge in [0.1, 0.15) is 5.82 Å². The number of carbonyl (C=O) groups is 1. The maximum absolute atomic E-state index is 13.0. The van der Waals surface area contributed by atoms with Gasteiger partial charge in [0, 0.05) is 53.2 Å². The zero-order valence-corrected chi connectivity index (χ0v) is 23.2. The zero-order chi connectivity index (χ0) is 27.9. The predicted octanol–water partition coefficient (Wildman–Crippen LogP) is 6.93. The zero-order valence-electron chi connectivity index (χ0n) is 22.3. The Morgan fingerprint density at radius 3 is 2.30 bits per heavy atom. The second-order valence-electron chi connectivity index (χ2n) is 9.44. The molecule has 5 aromatic rings. The maximum atomic E-state index is 13.0. The Hall–Kier alpha value is -4.76. The average molecular weight is 551 g/mol. The van der Waals surface area contributed by atoms with Crippen LogP contribution < -0.4 is 20.4 Å². The van der Waals surface area contributed by atoms with E-state index in [4.69, 9.17) is 4.98 Å². The second kappa shape index (κ2) is 12.4. The van der Waals surface area contributed by atoms with Crippen LogP contribution in [0.5, 0.6) is 0 Å². The smallest absolute Gasteiger partial charge is 0.323 e. The van der Waals surface area contributed by atoms with Gasteiger partial charge < -0.3 is 15.5 Å². The highest BCUT2D eigenvalue weighted by atomic mass is 32.1. The first-order valence-electron chi connectivity index (χ1n) is 13.1. The van der Waals surface area contributed by atoms with E-state index in [0.717, 1.165) is 52.6 Å². The molecule has 0 saturated carbocycles. The first-order valence-corrected chi connectivity index (χ1v) is 13.9. The maximum Gasteiger partial charge on any atom is 0.323 e. The number of rotatable bonds is 9. The molecule has 2 heterocycles. The predicted molar refractivity (Wildman–Crippen MR) is 163 cm³/mol. The summed E-state index contributed by atoms with van der Waals surface area (Å²) in [6.07, 6.45) is 0.923. The molecule has 2 amide bonds. The van der Waals surface area contributed by atoms with Crippen LogP contribution in [0.1, 0.15) is 24.5 Å². The molecule has 0 saturated heterocycles. The molecule has 0 radical (unpaired) electrons. The number of hydrogen-bond donors (Lipinski definition) is 3. The largest absolute Gasteiger partial charge is 0.352 e. The van der Waals surface area contributed by atoms with E-state index in [-0.39, 0.29) is 10.9 Å². The van der Waals surface area contributed by atoms with E-state index >= 15 is 0 Å². The normalized spacial score (nSPS) is 10.8. The molecule has 0 aliphatic heterocycles. The van der Waals surface area contributed by atoms with Crippen molar-refractivity contribution in [3.8, 4) is 22.6 Å². The molecule has 9 heteroatoms. The summed E-state index contributed by atoms with van der Waals surface area (Å²) in [5.41, 5.74) is 5.78. The number of aromatic nitrogens is 3. The lowest BCUT2D eigenvalue weighted by molar-refractivity contribution is 0.262. The van der Waals surface area contributed by atoms with Gasteiger partial charge in [0.2, 0.25) is 0 Å². The van der Waals surface area contributed by atoms with E-state index in [9.17, 15) is 9.59 Å². The number of hydrogen-bond acceptors (Lipinski definition) is 6. The molecule has 5 rings (SSSR count). The highest BCUT2D eigenvalue weighted by Gasteiger charge is 2.17. The quantitative estimate of drug-likeness (QED) is 0.185. The van der Waals surface area contributed by atoms with Crippen LogP contribution in [0, 0.1) is 6.92 Å². The fraction of sp³-hybridized carbons (Fsp3) is 0.161. The van der Waals surface area contributed by atoms with Crippen molar-refractivity contribution in [2.75, 3.05) is 22.1 Å². The molecular weight excluding hydrogens is 520 g/mol. The second-order valence-corrected chi connectivity index (χ2v) is 10.2. The lowest BCUT2D eigenvalue weighted by Gasteiger charge is -2.25. The summed E-state index contributed by atoms with van der Waals surface area (Å²) >= 11 is 0.877. The van der Waals surface area contributed by atoms with Gasteiger partial charge in [-0.1, -0.05) is 79.2 Å². The van der Waals surface area contributed by atoms with Gasteiger partial charge in [-0.15, -0.1) is 0 Å². The monoisotopic (exact) mass is 550 g/mol. The molecule has 202 valence electrons. The number of urea groups is 1. The van der Waals surface area contributed by atoms with E-state index < -0.39 is 0 Å².